The summed E-state index contributed by atoms with van der Waals surface area (Å²) in [7, 11) is 1.25. The number of hydrogen-bond donors (Lipinski definition) is 2. The van der Waals surface area contributed by atoms with Gasteiger partial charge in [-0.3, -0.25) is 0 Å². The van der Waals surface area contributed by atoms with E-state index in [0.29, 0.717) is 5.56 Å². The van der Waals surface area contributed by atoms with Gasteiger partial charge in [0, 0.05) is 10.7 Å². The molecule has 2 N–H and O–H groups in total. The van der Waals surface area contributed by atoms with Gasteiger partial charge in [0.05, 0.1) is 11.9 Å². The fourth-order valence-electron chi connectivity index (χ4n) is 0.981. The molecule has 0 aromatic heterocycles. The molecule has 0 spiro atoms. The first-order valence-corrected chi connectivity index (χ1v) is 6.25. The molecule has 1 aromatic carbocycles. The van der Waals surface area contributed by atoms with Gasteiger partial charge in [0.15, 0.2) is 0 Å². The molecule has 0 fully saturated rings. The Labute approximate surface area is 86.2 Å². The van der Waals surface area contributed by atoms with Gasteiger partial charge in [-0.05, 0) is 17.7 Å². The number of halogens is 1. The first-order valence-electron chi connectivity index (χ1n) is 3.78. The summed E-state index contributed by atoms with van der Waals surface area (Å²) in [6, 6.07) is 5.59. The van der Waals surface area contributed by atoms with E-state index in [1.165, 1.54) is 24.3 Å². The Hall–Kier alpha value is -0.780. The summed E-state index contributed by atoms with van der Waals surface area (Å²) in [5.74, 6) is -0.492. The lowest BCUT2D eigenvalue weighted by Crippen LogP contribution is -2.09. The van der Waals surface area contributed by atoms with Gasteiger partial charge in [0.1, 0.15) is 5.75 Å². The van der Waals surface area contributed by atoms with Crippen molar-refractivity contribution in [3.05, 3.63) is 29.8 Å². The minimum Gasteiger partial charge on any atom is -0.508 e. The second kappa shape index (κ2) is 4.16. The Morgan fingerprint density at radius 1 is 1.29 bits per heavy atom. The second-order valence-corrected chi connectivity index (χ2v) is 5.63. The van der Waals surface area contributed by atoms with Gasteiger partial charge in [-0.25, -0.2) is 8.42 Å². The number of aromatic hydroxyl groups is 1. The summed E-state index contributed by atoms with van der Waals surface area (Å²) in [6.07, 6.45) is -1.17. The van der Waals surface area contributed by atoms with Crippen molar-refractivity contribution < 1.29 is 18.6 Å². The molecule has 0 heterocycles. The molecule has 0 amide bonds. The van der Waals surface area contributed by atoms with Crippen molar-refractivity contribution >= 4 is 19.7 Å². The number of aliphatic hydroxyl groups is 1. The van der Waals surface area contributed by atoms with Crippen molar-refractivity contribution in [3.8, 4) is 5.75 Å². The number of phenols is 1. The molecule has 0 saturated heterocycles. The molecule has 6 heteroatoms. The summed E-state index contributed by atoms with van der Waals surface area (Å²) in [5.41, 5.74) is 0.395. The molecule has 0 saturated carbocycles. The molecule has 0 aliphatic rings. The Balaban J connectivity index is 2.80. The molecule has 0 aliphatic carbocycles. The summed E-state index contributed by atoms with van der Waals surface area (Å²) >= 11 is 0. The van der Waals surface area contributed by atoms with Gasteiger partial charge < -0.3 is 10.2 Å². The van der Waals surface area contributed by atoms with Gasteiger partial charge in [0.2, 0.25) is 9.05 Å². The van der Waals surface area contributed by atoms with Crippen molar-refractivity contribution in [3.63, 3.8) is 0 Å². The number of hydrogen-bond acceptors (Lipinski definition) is 4. The van der Waals surface area contributed by atoms with Gasteiger partial charge in [-0.2, -0.15) is 0 Å². The highest BCUT2D eigenvalue weighted by atomic mass is 35.7. The zero-order chi connectivity index (χ0) is 10.8. The van der Waals surface area contributed by atoms with Crippen LogP contribution in [0.15, 0.2) is 24.3 Å². The maximum absolute atomic E-state index is 10.6. The maximum atomic E-state index is 10.6. The fourth-order valence-corrected chi connectivity index (χ4v) is 1.91. The van der Waals surface area contributed by atoms with E-state index < -0.39 is 20.9 Å². The Morgan fingerprint density at radius 3 is 2.21 bits per heavy atom. The van der Waals surface area contributed by atoms with Crippen molar-refractivity contribution in [1.82, 2.24) is 0 Å². The Morgan fingerprint density at radius 2 is 1.79 bits per heavy atom. The average Bonchev–Trinajstić information content (AvgIpc) is 2.02. The highest BCUT2D eigenvalue weighted by Crippen LogP contribution is 2.19. The van der Waals surface area contributed by atoms with E-state index >= 15 is 0 Å². The van der Waals surface area contributed by atoms with E-state index in [2.05, 4.69) is 0 Å². The second-order valence-electron chi connectivity index (χ2n) is 2.81. The standard InChI is InChI=1S/C8H9ClO4S/c9-14(12,13)5-8(11)6-1-3-7(10)4-2-6/h1-4,8,10-11H,5H2. The third-order valence-corrected chi connectivity index (χ3v) is 2.73. The zero-order valence-electron chi connectivity index (χ0n) is 7.09. The summed E-state index contributed by atoms with van der Waals surface area (Å²) in [6.45, 7) is 0. The lowest BCUT2D eigenvalue weighted by molar-refractivity contribution is 0.202. The quantitative estimate of drug-likeness (QED) is 0.768. The van der Waals surface area contributed by atoms with Gasteiger partial charge in [-0.1, -0.05) is 12.1 Å². The maximum Gasteiger partial charge on any atom is 0.235 e. The molecule has 14 heavy (non-hydrogen) atoms. The van der Waals surface area contributed by atoms with Crippen LogP contribution in [0.3, 0.4) is 0 Å². The predicted molar refractivity (Wildman–Crippen MR) is 52.7 cm³/mol. The van der Waals surface area contributed by atoms with Crippen molar-refractivity contribution in [2.24, 2.45) is 0 Å². The number of benzene rings is 1. The van der Waals surface area contributed by atoms with Gasteiger partial charge >= 0.3 is 0 Å². The third kappa shape index (κ3) is 3.53. The number of aliphatic hydroxyl groups excluding tert-OH is 1. The van der Waals surface area contributed by atoms with Crippen LogP contribution in [0.4, 0.5) is 0 Å². The zero-order valence-corrected chi connectivity index (χ0v) is 8.66. The van der Waals surface area contributed by atoms with Crippen LogP contribution in [0.2, 0.25) is 0 Å². The molecule has 78 valence electrons. The molecule has 1 rings (SSSR count). The smallest absolute Gasteiger partial charge is 0.235 e. The van der Waals surface area contributed by atoms with Gasteiger partial charge in [0.25, 0.3) is 0 Å². The Kier molecular flexibility index (Phi) is 3.36. The normalized spacial score (nSPS) is 13.9. The molecular weight excluding hydrogens is 228 g/mol. The first-order chi connectivity index (χ1) is 6.38. The lowest BCUT2D eigenvalue weighted by Gasteiger charge is -2.08. The van der Waals surface area contributed by atoms with E-state index in [0.717, 1.165) is 0 Å². The van der Waals surface area contributed by atoms with E-state index in [-0.39, 0.29) is 5.75 Å². The number of rotatable bonds is 3. The summed E-state index contributed by atoms with van der Waals surface area (Å²) in [4.78, 5) is 0. The molecule has 1 atom stereocenters. The first kappa shape index (κ1) is 11.3. The van der Waals surface area contributed by atoms with Crippen LogP contribution in [0.25, 0.3) is 0 Å². The minimum absolute atomic E-state index is 0.0506. The van der Waals surface area contributed by atoms with Crippen LogP contribution < -0.4 is 0 Å². The van der Waals surface area contributed by atoms with Crippen LogP contribution in [0.5, 0.6) is 5.75 Å². The monoisotopic (exact) mass is 236 g/mol. The van der Waals surface area contributed by atoms with E-state index in [1.807, 2.05) is 0 Å². The van der Waals surface area contributed by atoms with Crippen molar-refractivity contribution in [2.45, 2.75) is 6.10 Å². The average molecular weight is 237 g/mol. The Bertz CT molecular complexity index is 398. The van der Waals surface area contributed by atoms with Gasteiger partial charge in [-0.15, -0.1) is 0 Å². The van der Waals surface area contributed by atoms with E-state index in [4.69, 9.17) is 15.8 Å². The highest BCUT2D eigenvalue weighted by molar-refractivity contribution is 8.13. The lowest BCUT2D eigenvalue weighted by atomic mass is 10.1. The molecule has 4 nitrogen and oxygen atoms in total. The molecule has 1 unspecified atom stereocenters. The van der Waals surface area contributed by atoms with Crippen LogP contribution in [-0.2, 0) is 9.05 Å². The topological polar surface area (TPSA) is 74.6 Å². The third-order valence-electron chi connectivity index (χ3n) is 1.63. The SMILES string of the molecule is O=S(=O)(Cl)CC(O)c1ccc(O)cc1. The highest BCUT2D eigenvalue weighted by Gasteiger charge is 2.15. The van der Waals surface area contributed by atoms with Crippen LogP contribution in [0, 0.1) is 0 Å². The van der Waals surface area contributed by atoms with Crippen molar-refractivity contribution in [1.29, 1.82) is 0 Å². The van der Waals surface area contributed by atoms with E-state index in [9.17, 15) is 13.5 Å². The van der Waals surface area contributed by atoms with E-state index in [1.54, 1.807) is 0 Å². The van der Waals surface area contributed by atoms with Crippen LogP contribution >= 0.6 is 10.7 Å². The summed E-state index contributed by atoms with van der Waals surface area (Å²) in [5, 5.41) is 18.3. The molecular formula is C8H9ClO4S. The molecule has 1 aromatic rings. The molecule has 0 aliphatic heterocycles. The van der Waals surface area contributed by atoms with Crippen LogP contribution in [0.1, 0.15) is 11.7 Å². The largest absolute Gasteiger partial charge is 0.508 e. The fraction of sp³-hybridized carbons (Fsp3) is 0.250. The number of phenolic OH excluding ortho intramolecular Hbond substituents is 1. The molecule has 0 bridgehead atoms. The summed E-state index contributed by atoms with van der Waals surface area (Å²) < 4.78 is 21.3. The van der Waals surface area contributed by atoms with Crippen molar-refractivity contribution in [2.75, 3.05) is 5.75 Å². The minimum atomic E-state index is -3.72. The predicted octanol–water partition coefficient (Wildman–Crippen LogP) is 0.994. The van der Waals surface area contributed by atoms with Crippen LogP contribution in [-0.4, -0.2) is 24.4 Å². The molecule has 0 radical (unpaired) electrons.